The normalized spacial score (nSPS) is 21.1. The number of nitrogens with zero attached hydrogens (tertiary/aromatic N) is 3. The van der Waals surface area contributed by atoms with E-state index in [0.29, 0.717) is 17.9 Å². The van der Waals surface area contributed by atoms with Crippen LogP contribution in [0, 0.1) is 11.3 Å². The fourth-order valence-electron chi connectivity index (χ4n) is 5.53. The lowest BCUT2D eigenvalue weighted by molar-refractivity contribution is -0.0561. The van der Waals surface area contributed by atoms with Crippen LogP contribution in [0.5, 0.6) is 0 Å². The van der Waals surface area contributed by atoms with Crippen molar-refractivity contribution in [2.24, 2.45) is 17.1 Å². The van der Waals surface area contributed by atoms with Crippen LogP contribution < -0.4 is 5.73 Å². The fraction of sp³-hybridized carbons (Fsp3) is 0.290. The molecule has 190 valence electrons. The third-order valence-corrected chi connectivity index (χ3v) is 7.47. The standard InChI is InChI=1S/C31H33FN4O/c1-31(2)27(32)25(18-33)20-36(30(37)24-16-10-5-11-17-24)28(31)29-34-26(23-14-8-4-9-15-23)21-35(29)19-22-12-6-3-7-13-22/h3-17,21,25,27-28H,18-20,33H2,1-2H3/t25-,27?,28-/m0/s1. The Morgan fingerprint density at radius 1 is 0.973 bits per heavy atom. The summed E-state index contributed by atoms with van der Waals surface area (Å²) < 4.78 is 18.1. The Bertz CT molecular complexity index is 1340. The van der Waals surface area contributed by atoms with Gasteiger partial charge in [0.25, 0.3) is 5.91 Å². The molecular formula is C31H33FN4O. The zero-order chi connectivity index (χ0) is 26.0. The van der Waals surface area contributed by atoms with Crippen molar-refractivity contribution in [1.82, 2.24) is 14.5 Å². The number of hydrogen-bond donors (Lipinski definition) is 1. The van der Waals surface area contributed by atoms with Crippen molar-refractivity contribution in [3.63, 3.8) is 0 Å². The number of benzene rings is 3. The summed E-state index contributed by atoms with van der Waals surface area (Å²) in [5.41, 5.74) is 8.54. The highest BCUT2D eigenvalue weighted by molar-refractivity contribution is 5.94. The van der Waals surface area contributed by atoms with E-state index in [1.807, 2.05) is 86.8 Å². The summed E-state index contributed by atoms with van der Waals surface area (Å²) in [5.74, 6) is 0.0831. The van der Waals surface area contributed by atoms with E-state index in [0.717, 1.165) is 16.8 Å². The molecule has 1 fully saturated rings. The third kappa shape index (κ3) is 4.81. The molecule has 1 saturated heterocycles. The van der Waals surface area contributed by atoms with Crippen LogP contribution >= 0.6 is 0 Å². The highest BCUT2D eigenvalue weighted by Crippen LogP contribution is 2.49. The average molecular weight is 497 g/mol. The lowest BCUT2D eigenvalue weighted by Gasteiger charge is -2.51. The highest BCUT2D eigenvalue weighted by Gasteiger charge is 2.53. The van der Waals surface area contributed by atoms with Crippen LogP contribution in [-0.4, -0.2) is 39.6 Å². The van der Waals surface area contributed by atoms with Crippen molar-refractivity contribution in [3.05, 3.63) is 114 Å². The van der Waals surface area contributed by atoms with Crippen LogP contribution in [-0.2, 0) is 6.54 Å². The van der Waals surface area contributed by atoms with Gasteiger partial charge in [0.2, 0.25) is 0 Å². The quantitative estimate of drug-likeness (QED) is 0.371. The third-order valence-electron chi connectivity index (χ3n) is 7.47. The number of rotatable bonds is 6. The van der Waals surface area contributed by atoms with E-state index in [9.17, 15) is 4.79 Å². The van der Waals surface area contributed by atoms with Crippen molar-refractivity contribution < 1.29 is 9.18 Å². The van der Waals surface area contributed by atoms with Gasteiger partial charge in [0.05, 0.1) is 11.7 Å². The van der Waals surface area contributed by atoms with E-state index in [1.165, 1.54) is 0 Å². The second-order valence-electron chi connectivity index (χ2n) is 10.4. The summed E-state index contributed by atoms with van der Waals surface area (Å²) in [6.45, 7) is 4.74. The van der Waals surface area contributed by atoms with E-state index >= 15 is 4.39 Å². The molecule has 6 heteroatoms. The number of likely N-dealkylation sites (tertiary alicyclic amines) is 1. The molecule has 3 atom stereocenters. The van der Waals surface area contributed by atoms with Gasteiger partial charge >= 0.3 is 0 Å². The van der Waals surface area contributed by atoms with Crippen molar-refractivity contribution >= 4 is 5.91 Å². The van der Waals surface area contributed by atoms with E-state index in [1.54, 1.807) is 17.0 Å². The maximum atomic E-state index is 16.0. The van der Waals surface area contributed by atoms with Gasteiger partial charge in [0.1, 0.15) is 12.0 Å². The molecule has 5 rings (SSSR count). The van der Waals surface area contributed by atoms with Crippen molar-refractivity contribution in [1.29, 1.82) is 0 Å². The first-order valence-corrected chi connectivity index (χ1v) is 12.8. The molecule has 2 N–H and O–H groups in total. The van der Waals surface area contributed by atoms with Gasteiger partial charge in [0, 0.05) is 41.7 Å². The number of alkyl halides is 1. The summed E-state index contributed by atoms with van der Waals surface area (Å²) in [7, 11) is 0. The van der Waals surface area contributed by atoms with Crippen LogP contribution in [0.4, 0.5) is 4.39 Å². The molecule has 2 heterocycles. The van der Waals surface area contributed by atoms with Crippen molar-refractivity contribution in [2.45, 2.75) is 32.6 Å². The summed E-state index contributed by atoms with van der Waals surface area (Å²) >= 11 is 0. The Morgan fingerprint density at radius 2 is 1.57 bits per heavy atom. The highest BCUT2D eigenvalue weighted by atomic mass is 19.1. The number of hydrogen-bond acceptors (Lipinski definition) is 3. The number of carbonyl (C=O) groups excluding carboxylic acids is 1. The lowest BCUT2D eigenvalue weighted by atomic mass is 9.70. The van der Waals surface area contributed by atoms with Crippen LogP contribution in [0.2, 0.25) is 0 Å². The molecule has 0 radical (unpaired) electrons. The van der Waals surface area contributed by atoms with Gasteiger partial charge in [0.15, 0.2) is 0 Å². The molecule has 1 aliphatic rings. The molecule has 3 aromatic carbocycles. The molecule has 1 aromatic heterocycles. The van der Waals surface area contributed by atoms with Crippen molar-refractivity contribution in [2.75, 3.05) is 13.1 Å². The molecule has 1 unspecified atom stereocenters. The number of carbonyl (C=O) groups is 1. The van der Waals surface area contributed by atoms with Crippen LogP contribution in [0.3, 0.4) is 0 Å². The summed E-state index contributed by atoms with van der Waals surface area (Å²) in [5, 5.41) is 0. The molecule has 0 aliphatic carbocycles. The zero-order valence-electron chi connectivity index (χ0n) is 21.3. The minimum absolute atomic E-state index is 0.139. The summed E-state index contributed by atoms with van der Waals surface area (Å²) in [6.07, 6.45) is 0.825. The topological polar surface area (TPSA) is 64.2 Å². The predicted octanol–water partition coefficient (Wildman–Crippen LogP) is 5.73. The lowest BCUT2D eigenvalue weighted by Crippen LogP contribution is -2.58. The zero-order valence-corrected chi connectivity index (χ0v) is 21.3. The molecular weight excluding hydrogens is 463 g/mol. The number of imidazole rings is 1. The Balaban J connectivity index is 1.66. The molecule has 0 spiro atoms. The van der Waals surface area contributed by atoms with Crippen molar-refractivity contribution in [3.8, 4) is 11.3 Å². The molecule has 1 amide bonds. The number of piperidine rings is 1. The second kappa shape index (κ2) is 10.3. The van der Waals surface area contributed by atoms with Gasteiger partial charge in [-0.2, -0.15) is 0 Å². The van der Waals surface area contributed by atoms with Gasteiger partial charge in [-0.05, 0) is 24.2 Å². The number of aromatic nitrogens is 2. The molecule has 0 saturated carbocycles. The van der Waals surface area contributed by atoms with E-state index in [2.05, 4.69) is 16.7 Å². The first-order chi connectivity index (χ1) is 17.9. The SMILES string of the molecule is CC1(C)C(F)[C@@H](CN)CN(C(=O)c2ccccc2)[C@H]1c1nc(-c2ccccc2)cn1Cc1ccccc1. The fourth-order valence-corrected chi connectivity index (χ4v) is 5.53. The molecule has 4 aromatic rings. The first-order valence-electron chi connectivity index (χ1n) is 12.8. The second-order valence-corrected chi connectivity index (χ2v) is 10.4. The van der Waals surface area contributed by atoms with Gasteiger partial charge < -0.3 is 15.2 Å². The van der Waals surface area contributed by atoms with E-state index in [4.69, 9.17) is 10.7 Å². The predicted molar refractivity (Wildman–Crippen MR) is 145 cm³/mol. The first kappa shape index (κ1) is 24.9. The van der Waals surface area contributed by atoms with E-state index in [-0.39, 0.29) is 19.0 Å². The Kier molecular flexibility index (Phi) is 6.94. The van der Waals surface area contributed by atoms with Gasteiger partial charge in [-0.25, -0.2) is 9.37 Å². The Morgan fingerprint density at radius 3 is 2.19 bits per heavy atom. The number of amides is 1. The van der Waals surface area contributed by atoms with Crippen LogP contribution in [0.1, 0.15) is 41.6 Å². The molecule has 1 aliphatic heterocycles. The number of halogens is 1. The number of nitrogens with two attached hydrogens (primary N) is 1. The average Bonchev–Trinajstić information content (AvgIpc) is 3.34. The van der Waals surface area contributed by atoms with Gasteiger partial charge in [-0.1, -0.05) is 92.7 Å². The maximum absolute atomic E-state index is 16.0. The Labute approximate surface area is 217 Å². The van der Waals surface area contributed by atoms with Crippen LogP contribution in [0.15, 0.2) is 97.2 Å². The van der Waals surface area contributed by atoms with E-state index < -0.39 is 23.5 Å². The summed E-state index contributed by atoms with van der Waals surface area (Å²) in [6, 6.07) is 28.7. The molecule has 37 heavy (non-hydrogen) atoms. The van der Waals surface area contributed by atoms with Gasteiger partial charge in [-0.15, -0.1) is 0 Å². The monoisotopic (exact) mass is 496 g/mol. The minimum atomic E-state index is -1.19. The summed E-state index contributed by atoms with van der Waals surface area (Å²) in [4.78, 5) is 20.8. The maximum Gasteiger partial charge on any atom is 0.254 e. The van der Waals surface area contributed by atoms with Gasteiger partial charge in [-0.3, -0.25) is 4.79 Å². The smallest absolute Gasteiger partial charge is 0.254 e. The molecule has 0 bridgehead atoms. The Hall–Kier alpha value is -3.77. The minimum Gasteiger partial charge on any atom is -0.330 e. The largest absolute Gasteiger partial charge is 0.330 e. The molecule has 5 nitrogen and oxygen atoms in total. The van der Waals surface area contributed by atoms with Crippen LogP contribution in [0.25, 0.3) is 11.3 Å².